The molecule has 9 rings (SSSR count). The number of nitrogens with zero attached hydrogens (tertiary/aromatic N) is 1. The van der Waals surface area contributed by atoms with E-state index in [0.29, 0.717) is 0 Å². The Kier molecular flexibility index (Phi) is 8.76. The first kappa shape index (κ1) is 32.9. The third-order valence-electron chi connectivity index (χ3n) is 10.3. The smallest absolute Gasteiger partial charge is 0.0623 e. The largest absolute Gasteiger partial charge is 0.308 e. The Bertz CT molecular complexity index is 2470. The quantitative estimate of drug-likeness (QED) is 0.165. The second kappa shape index (κ2) is 13.3. The Morgan fingerprint density at radius 3 is 1.60 bits per heavy atom. The van der Waals surface area contributed by atoms with Gasteiger partial charge in [-0.05, 0) is 83.8 Å². The van der Waals surface area contributed by atoms with E-state index in [-0.39, 0.29) is 5.41 Å². The zero-order valence-corrected chi connectivity index (χ0v) is 30.1. The fourth-order valence-corrected chi connectivity index (χ4v) is 7.53. The van der Waals surface area contributed by atoms with Crippen molar-refractivity contribution in [2.75, 3.05) is 0 Å². The number of hydrogen-bond acceptors (Lipinski definition) is 0. The molecular weight excluding hydrogens is 603 g/mol. The second-order valence-electron chi connectivity index (χ2n) is 14.1. The lowest BCUT2D eigenvalue weighted by atomic mass is 9.80. The lowest BCUT2D eigenvalue weighted by molar-refractivity contribution is 0.666. The van der Waals surface area contributed by atoms with Gasteiger partial charge in [-0.25, -0.2) is 0 Å². The molecule has 0 saturated carbocycles. The summed E-state index contributed by atoms with van der Waals surface area (Å²) in [4.78, 5) is 0. The molecular formula is C49H45N. The van der Waals surface area contributed by atoms with Crippen molar-refractivity contribution in [1.29, 1.82) is 0 Å². The molecule has 1 aliphatic rings. The Balaban J connectivity index is 0.000000216. The van der Waals surface area contributed by atoms with Gasteiger partial charge in [0.2, 0.25) is 0 Å². The number of aryl methyl sites for hydroxylation is 3. The van der Waals surface area contributed by atoms with E-state index in [1.54, 1.807) is 0 Å². The predicted octanol–water partition coefficient (Wildman–Crippen LogP) is 13.6. The van der Waals surface area contributed by atoms with Gasteiger partial charge in [0.15, 0.2) is 0 Å². The van der Waals surface area contributed by atoms with Crippen LogP contribution in [0.5, 0.6) is 0 Å². The Labute approximate surface area is 297 Å². The third-order valence-corrected chi connectivity index (χ3v) is 10.3. The van der Waals surface area contributed by atoms with Crippen molar-refractivity contribution in [2.24, 2.45) is 0 Å². The first-order valence-corrected chi connectivity index (χ1v) is 17.6. The summed E-state index contributed by atoms with van der Waals surface area (Å²) in [6, 6.07) is 54.3. The molecule has 1 heteroatoms. The summed E-state index contributed by atoms with van der Waals surface area (Å²) in [6.07, 6.45) is 0. The number of rotatable bonds is 2. The maximum atomic E-state index is 4.14. The van der Waals surface area contributed by atoms with Gasteiger partial charge in [0, 0.05) is 27.4 Å². The first-order valence-electron chi connectivity index (χ1n) is 17.6. The van der Waals surface area contributed by atoms with E-state index in [0.717, 1.165) is 5.57 Å². The minimum absolute atomic E-state index is 0.0989. The molecule has 246 valence electrons. The van der Waals surface area contributed by atoms with Crippen LogP contribution in [0, 0.1) is 20.8 Å². The van der Waals surface area contributed by atoms with E-state index in [1.807, 2.05) is 18.2 Å². The summed E-state index contributed by atoms with van der Waals surface area (Å²) < 4.78 is 2.52. The summed E-state index contributed by atoms with van der Waals surface area (Å²) in [6.45, 7) is 17.3. The molecule has 0 spiro atoms. The van der Waals surface area contributed by atoms with Gasteiger partial charge >= 0.3 is 0 Å². The monoisotopic (exact) mass is 647 g/mol. The average Bonchev–Trinajstić information content (AvgIpc) is 3.62. The molecule has 0 atom stereocenters. The van der Waals surface area contributed by atoms with Gasteiger partial charge in [0.1, 0.15) is 0 Å². The van der Waals surface area contributed by atoms with Crippen molar-refractivity contribution < 1.29 is 0 Å². The van der Waals surface area contributed by atoms with E-state index in [9.17, 15) is 0 Å². The molecule has 0 bridgehead atoms. The van der Waals surface area contributed by atoms with Gasteiger partial charge in [-0.15, -0.1) is 0 Å². The van der Waals surface area contributed by atoms with Crippen LogP contribution in [0.3, 0.4) is 0 Å². The molecule has 0 radical (unpaired) electrons. The van der Waals surface area contributed by atoms with E-state index in [2.05, 4.69) is 186 Å². The Morgan fingerprint density at radius 1 is 0.540 bits per heavy atom. The summed E-state index contributed by atoms with van der Waals surface area (Å²) in [7, 11) is 0. The van der Waals surface area contributed by atoms with E-state index in [4.69, 9.17) is 0 Å². The minimum Gasteiger partial charge on any atom is -0.308 e. The standard InChI is InChI=1S/C34H27N.C8H10.C7H8/c1-21(2)22-17-19-23(20-18-22)35-32-27-14-8-6-12-25(27)24-11-5-7-13-26(24)30(32)31-33(35)28-15-9-10-16-29(28)34(31,3)4;1-7-5-3-4-6-8(7)2;1-7-5-3-2-4-6-7/h5-20H,1H2,2-4H3;3-6H,1-2H3;2-6H,1H3. The lowest BCUT2D eigenvalue weighted by Gasteiger charge is -2.22. The van der Waals surface area contributed by atoms with Crippen LogP contribution in [0.2, 0.25) is 0 Å². The fraction of sp³-hybridized carbons (Fsp3) is 0.143. The van der Waals surface area contributed by atoms with Crippen LogP contribution in [-0.2, 0) is 5.41 Å². The number of benzene rings is 7. The molecule has 7 aromatic carbocycles. The van der Waals surface area contributed by atoms with Crippen molar-refractivity contribution in [3.8, 4) is 16.9 Å². The SMILES string of the molecule is C=C(C)c1ccc(-n2c3c(c4c5ccccc5c5ccccc5c42)C(C)(C)c2ccccc2-3)cc1.Cc1ccccc1.Cc1ccccc1C. The van der Waals surface area contributed by atoms with Gasteiger partial charge in [0.25, 0.3) is 0 Å². The lowest BCUT2D eigenvalue weighted by Crippen LogP contribution is -2.14. The van der Waals surface area contributed by atoms with Crippen molar-refractivity contribution >= 4 is 38.0 Å². The summed E-state index contributed by atoms with van der Waals surface area (Å²) >= 11 is 0. The number of fused-ring (bicyclic) bond motifs is 10. The van der Waals surface area contributed by atoms with Crippen LogP contribution >= 0.6 is 0 Å². The number of aromatic nitrogens is 1. The van der Waals surface area contributed by atoms with Crippen molar-refractivity contribution in [2.45, 2.75) is 47.0 Å². The first-order chi connectivity index (χ1) is 24.2. The van der Waals surface area contributed by atoms with Gasteiger partial charge in [-0.1, -0.05) is 171 Å². The highest BCUT2D eigenvalue weighted by molar-refractivity contribution is 6.27. The third kappa shape index (κ3) is 5.73. The van der Waals surface area contributed by atoms with Crippen molar-refractivity contribution in [1.82, 2.24) is 4.57 Å². The molecule has 1 nitrogen and oxygen atoms in total. The van der Waals surface area contributed by atoms with E-state index >= 15 is 0 Å². The molecule has 0 N–H and O–H groups in total. The van der Waals surface area contributed by atoms with Gasteiger partial charge in [-0.2, -0.15) is 0 Å². The van der Waals surface area contributed by atoms with Crippen LogP contribution in [0.1, 0.15) is 54.2 Å². The molecule has 0 unspecified atom stereocenters. The minimum atomic E-state index is -0.0989. The van der Waals surface area contributed by atoms with Crippen LogP contribution in [0.25, 0.3) is 55.0 Å². The maximum Gasteiger partial charge on any atom is 0.0623 e. The average molecular weight is 648 g/mol. The molecule has 0 amide bonds. The van der Waals surface area contributed by atoms with Crippen LogP contribution < -0.4 is 0 Å². The molecule has 1 aliphatic carbocycles. The highest BCUT2D eigenvalue weighted by atomic mass is 15.0. The number of hydrogen-bond donors (Lipinski definition) is 0. The zero-order chi connectivity index (χ0) is 35.0. The van der Waals surface area contributed by atoms with Gasteiger partial charge in [-0.3, -0.25) is 0 Å². The highest BCUT2D eigenvalue weighted by Gasteiger charge is 2.41. The van der Waals surface area contributed by atoms with Crippen LogP contribution in [0.4, 0.5) is 0 Å². The van der Waals surface area contributed by atoms with E-state index in [1.165, 1.54) is 82.8 Å². The molecule has 50 heavy (non-hydrogen) atoms. The van der Waals surface area contributed by atoms with E-state index < -0.39 is 0 Å². The summed E-state index contributed by atoms with van der Waals surface area (Å²) in [5.41, 5.74) is 14.2. The van der Waals surface area contributed by atoms with Gasteiger partial charge in [0.05, 0.1) is 11.2 Å². The number of allylic oxidation sites excluding steroid dienone is 1. The molecule has 1 heterocycles. The highest BCUT2D eigenvalue weighted by Crippen LogP contribution is 2.56. The van der Waals surface area contributed by atoms with Crippen LogP contribution in [-0.4, -0.2) is 4.57 Å². The molecule has 0 fully saturated rings. The molecule has 0 aliphatic heterocycles. The molecule has 0 saturated heterocycles. The van der Waals surface area contributed by atoms with Crippen molar-refractivity contribution in [3.63, 3.8) is 0 Å². The topological polar surface area (TPSA) is 4.93 Å². The molecule has 1 aromatic heterocycles. The Morgan fingerprint density at radius 2 is 1.04 bits per heavy atom. The summed E-state index contributed by atoms with van der Waals surface area (Å²) in [5, 5.41) is 6.63. The molecule has 8 aromatic rings. The zero-order valence-electron chi connectivity index (χ0n) is 30.1. The fourth-order valence-electron chi connectivity index (χ4n) is 7.53. The second-order valence-corrected chi connectivity index (χ2v) is 14.1. The summed E-state index contributed by atoms with van der Waals surface area (Å²) in [5.74, 6) is 0. The van der Waals surface area contributed by atoms with Gasteiger partial charge < -0.3 is 4.57 Å². The van der Waals surface area contributed by atoms with Crippen LogP contribution in [0.15, 0.2) is 158 Å². The normalized spacial score (nSPS) is 12.4. The van der Waals surface area contributed by atoms with Crippen molar-refractivity contribution in [3.05, 3.63) is 192 Å². The maximum absolute atomic E-state index is 4.14. The predicted molar refractivity (Wildman–Crippen MR) is 218 cm³/mol. The Hall–Kier alpha value is -5.66.